The number of hydrogen-bond acceptors (Lipinski definition) is 3. The van der Waals surface area contributed by atoms with Crippen LogP contribution >= 0.6 is 11.6 Å². The van der Waals surface area contributed by atoms with Crippen LogP contribution in [0.1, 0.15) is 11.6 Å². The van der Waals surface area contributed by atoms with Crippen LogP contribution in [0.25, 0.3) is 0 Å². The van der Waals surface area contributed by atoms with Gasteiger partial charge in [-0.15, -0.1) is 0 Å². The molecule has 0 fully saturated rings. The number of aliphatic hydroxyl groups is 1. The molecule has 0 saturated heterocycles. The first-order valence-electron chi connectivity index (χ1n) is 3.67. The van der Waals surface area contributed by atoms with Gasteiger partial charge in [-0.2, -0.15) is 0 Å². The number of anilines is 1. The van der Waals surface area contributed by atoms with E-state index in [9.17, 15) is 4.39 Å². The monoisotopic (exact) mass is 204 g/mol. The van der Waals surface area contributed by atoms with E-state index < -0.39 is 11.9 Å². The van der Waals surface area contributed by atoms with E-state index in [2.05, 4.69) is 0 Å². The van der Waals surface area contributed by atoms with Crippen LogP contribution < -0.4 is 11.5 Å². The smallest absolute Gasteiger partial charge is 0.130 e. The van der Waals surface area contributed by atoms with Crippen LogP contribution in [-0.4, -0.2) is 11.7 Å². The first-order valence-corrected chi connectivity index (χ1v) is 4.05. The van der Waals surface area contributed by atoms with Crippen molar-refractivity contribution in [3.8, 4) is 0 Å². The summed E-state index contributed by atoms with van der Waals surface area (Å²) in [7, 11) is 0. The molecule has 1 rings (SSSR count). The molecule has 5 N–H and O–H groups in total. The van der Waals surface area contributed by atoms with E-state index in [4.69, 9.17) is 28.2 Å². The highest BCUT2D eigenvalue weighted by Crippen LogP contribution is 2.25. The summed E-state index contributed by atoms with van der Waals surface area (Å²) >= 11 is 5.66. The number of hydrogen-bond donors (Lipinski definition) is 3. The zero-order valence-corrected chi connectivity index (χ0v) is 7.55. The van der Waals surface area contributed by atoms with Crippen LogP contribution in [0.5, 0.6) is 0 Å². The minimum Gasteiger partial charge on any atom is -0.397 e. The topological polar surface area (TPSA) is 72.3 Å². The van der Waals surface area contributed by atoms with Gasteiger partial charge >= 0.3 is 0 Å². The van der Waals surface area contributed by atoms with Gasteiger partial charge in [-0.1, -0.05) is 11.6 Å². The average molecular weight is 205 g/mol. The summed E-state index contributed by atoms with van der Waals surface area (Å²) in [5, 5.41) is 8.94. The highest BCUT2D eigenvalue weighted by atomic mass is 35.5. The van der Waals surface area contributed by atoms with Crippen molar-refractivity contribution in [2.24, 2.45) is 5.73 Å². The van der Waals surface area contributed by atoms with E-state index in [1.807, 2.05) is 0 Å². The number of benzene rings is 1. The predicted molar refractivity (Wildman–Crippen MR) is 49.8 cm³/mol. The number of nitrogens with two attached hydrogens (primary N) is 2. The second-order valence-corrected chi connectivity index (χ2v) is 3.09. The molecule has 0 aliphatic heterocycles. The third-order valence-corrected chi connectivity index (χ3v) is 2.04. The number of halogens is 2. The molecule has 0 aromatic heterocycles. The first-order chi connectivity index (χ1) is 6.06. The fourth-order valence-electron chi connectivity index (χ4n) is 0.960. The van der Waals surface area contributed by atoms with E-state index in [0.717, 1.165) is 6.07 Å². The van der Waals surface area contributed by atoms with Crippen LogP contribution in [0.3, 0.4) is 0 Å². The molecule has 0 bridgehead atoms. The Morgan fingerprint density at radius 1 is 1.54 bits per heavy atom. The second kappa shape index (κ2) is 3.91. The minimum atomic E-state index is -0.766. The lowest BCUT2D eigenvalue weighted by atomic mass is 10.1. The molecule has 5 heteroatoms. The van der Waals surface area contributed by atoms with Crippen molar-refractivity contribution in [1.29, 1.82) is 0 Å². The van der Waals surface area contributed by atoms with Crippen molar-refractivity contribution in [3.63, 3.8) is 0 Å². The molecule has 0 heterocycles. The summed E-state index contributed by atoms with van der Waals surface area (Å²) in [6.07, 6.45) is 0. The van der Waals surface area contributed by atoms with Crippen LogP contribution in [0.15, 0.2) is 12.1 Å². The van der Waals surface area contributed by atoms with E-state index in [1.54, 1.807) is 0 Å². The molecular weight excluding hydrogens is 195 g/mol. The Bertz CT molecular complexity index is 319. The van der Waals surface area contributed by atoms with E-state index >= 15 is 0 Å². The summed E-state index contributed by atoms with van der Waals surface area (Å²) < 4.78 is 13.1. The Hall–Kier alpha value is -0.840. The predicted octanol–water partition coefficient (Wildman–Crippen LogP) is 1.05. The van der Waals surface area contributed by atoms with Crippen molar-refractivity contribution in [2.45, 2.75) is 6.04 Å². The summed E-state index contributed by atoms with van der Waals surface area (Å²) in [5.74, 6) is -0.552. The summed E-state index contributed by atoms with van der Waals surface area (Å²) in [6, 6.07) is 1.65. The van der Waals surface area contributed by atoms with Crippen LogP contribution in [-0.2, 0) is 0 Å². The zero-order valence-electron chi connectivity index (χ0n) is 6.80. The molecule has 0 aliphatic rings. The molecule has 1 unspecified atom stereocenters. The fourth-order valence-corrected chi connectivity index (χ4v) is 1.13. The lowest BCUT2D eigenvalue weighted by Gasteiger charge is -2.10. The van der Waals surface area contributed by atoms with Gasteiger partial charge in [-0.3, -0.25) is 0 Å². The average Bonchev–Trinajstić information content (AvgIpc) is 2.10. The van der Waals surface area contributed by atoms with Crippen molar-refractivity contribution in [3.05, 3.63) is 28.5 Å². The minimum absolute atomic E-state index is 0.160. The molecule has 1 atom stereocenters. The highest BCUT2D eigenvalue weighted by molar-refractivity contribution is 6.33. The van der Waals surface area contributed by atoms with Crippen LogP contribution in [0.2, 0.25) is 5.02 Å². The Labute approximate surface area is 80.1 Å². The molecular formula is C8H10ClFN2O. The molecule has 0 amide bonds. The number of nitrogen functional groups attached to an aromatic ring is 1. The number of aliphatic hydroxyl groups excluding tert-OH is 1. The normalized spacial score (nSPS) is 12.9. The molecule has 13 heavy (non-hydrogen) atoms. The molecule has 0 radical (unpaired) electrons. The Morgan fingerprint density at radius 2 is 2.15 bits per heavy atom. The first kappa shape index (κ1) is 10.2. The SMILES string of the molecule is Nc1cc(F)c(C(N)CO)cc1Cl. The number of rotatable bonds is 2. The summed E-state index contributed by atoms with van der Waals surface area (Å²) in [6.45, 7) is -0.336. The van der Waals surface area contributed by atoms with E-state index in [-0.39, 0.29) is 22.9 Å². The van der Waals surface area contributed by atoms with Crippen molar-refractivity contribution >= 4 is 17.3 Å². The third kappa shape index (κ3) is 2.09. The quantitative estimate of drug-likeness (QED) is 0.631. The largest absolute Gasteiger partial charge is 0.397 e. The maximum absolute atomic E-state index is 13.1. The lowest BCUT2D eigenvalue weighted by molar-refractivity contribution is 0.265. The Kier molecular flexibility index (Phi) is 3.08. The van der Waals surface area contributed by atoms with Crippen molar-refractivity contribution < 1.29 is 9.50 Å². The van der Waals surface area contributed by atoms with E-state index in [1.165, 1.54) is 6.07 Å². The van der Waals surface area contributed by atoms with Gasteiger partial charge in [0.15, 0.2) is 0 Å². The maximum Gasteiger partial charge on any atom is 0.130 e. The third-order valence-electron chi connectivity index (χ3n) is 1.71. The van der Waals surface area contributed by atoms with Gasteiger partial charge in [-0.25, -0.2) is 4.39 Å². The second-order valence-electron chi connectivity index (χ2n) is 2.68. The van der Waals surface area contributed by atoms with Crippen molar-refractivity contribution in [2.75, 3.05) is 12.3 Å². The fraction of sp³-hybridized carbons (Fsp3) is 0.250. The maximum atomic E-state index is 13.1. The molecule has 0 aliphatic carbocycles. The van der Waals surface area contributed by atoms with Crippen LogP contribution in [0, 0.1) is 5.82 Å². The van der Waals surface area contributed by atoms with Gasteiger partial charge in [0.25, 0.3) is 0 Å². The zero-order chi connectivity index (χ0) is 10.0. The Balaban J connectivity index is 3.15. The molecule has 0 saturated carbocycles. The van der Waals surface area contributed by atoms with E-state index in [0.29, 0.717) is 0 Å². The molecule has 3 nitrogen and oxygen atoms in total. The van der Waals surface area contributed by atoms with Gasteiger partial charge < -0.3 is 16.6 Å². The van der Waals surface area contributed by atoms with Crippen LogP contribution in [0.4, 0.5) is 10.1 Å². The van der Waals surface area contributed by atoms with Gasteiger partial charge in [-0.05, 0) is 12.1 Å². The standard InChI is InChI=1S/C8H10ClFN2O/c9-5-1-4(8(12)3-13)6(10)2-7(5)11/h1-2,8,13H,3,11-12H2. The summed E-state index contributed by atoms with van der Waals surface area (Å²) in [5.41, 5.74) is 11.1. The Morgan fingerprint density at radius 3 is 2.69 bits per heavy atom. The molecule has 0 spiro atoms. The van der Waals surface area contributed by atoms with Gasteiger partial charge in [0.1, 0.15) is 5.82 Å². The van der Waals surface area contributed by atoms with Gasteiger partial charge in [0.2, 0.25) is 0 Å². The highest BCUT2D eigenvalue weighted by Gasteiger charge is 2.12. The van der Waals surface area contributed by atoms with Gasteiger partial charge in [0.05, 0.1) is 23.4 Å². The molecule has 1 aromatic carbocycles. The lowest BCUT2D eigenvalue weighted by Crippen LogP contribution is -2.16. The van der Waals surface area contributed by atoms with Gasteiger partial charge in [0, 0.05) is 5.56 Å². The van der Waals surface area contributed by atoms with Crippen molar-refractivity contribution in [1.82, 2.24) is 0 Å². The molecule has 1 aromatic rings. The summed E-state index contributed by atoms with van der Waals surface area (Å²) in [4.78, 5) is 0. The molecule has 72 valence electrons.